The third-order valence-corrected chi connectivity index (χ3v) is 9.13. The van der Waals surface area contributed by atoms with Crippen LogP contribution in [0, 0.1) is 0 Å². The molecule has 0 aromatic heterocycles. The first-order valence-corrected chi connectivity index (χ1v) is 21.1. The second-order valence-electron chi connectivity index (χ2n) is 13.4. The van der Waals surface area contributed by atoms with Crippen LogP contribution in [0.1, 0.15) is 160 Å². The van der Waals surface area contributed by atoms with Crippen LogP contribution in [0.25, 0.3) is 0 Å². The van der Waals surface area contributed by atoms with Gasteiger partial charge in [0.25, 0.3) is 0 Å². The quantitative estimate of drug-likeness (QED) is 0.0827. The Bertz CT molecular complexity index is 421. The molecular formula is C37H87N3O4Si. The van der Waals surface area contributed by atoms with Crippen molar-refractivity contribution < 1.29 is 32.3 Å². The van der Waals surface area contributed by atoms with Gasteiger partial charge in [-0.05, 0) is 77.0 Å². The molecule has 7 nitrogen and oxygen atoms in total. The van der Waals surface area contributed by atoms with Gasteiger partial charge < -0.3 is 32.3 Å². The first kappa shape index (κ1) is 51.8. The third kappa shape index (κ3) is 29.8. The Morgan fingerprint density at radius 1 is 0.311 bits per heavy atom. The number of hydrogen-bond acceptors (Lipinski definition) is 4. The normalized spacial score (nSPS) is 12.0. The van der Waals surface area contributed by atoms with Gasteiger partial charge in [-0.1, -0.05) is 83.1 Å². The van der Waals surface area contributed by atoms with E-state index in [0.29, 0.717) is 0 Å². The summed E-state index contributed by atoms with van der Waals surface area (Å²) in [6, 6.07) is 0. The van der Waals surface area contributed by atoms with Crippen molar-refractivity contribution >= 4 is 9.05 Å². The fraction of sp³-hybridized carbons (Fsp3) is 1.00. The van der Waals surface area contributed by atoms with Crippen LogP contribution in [0.4, 0.5) is 0 Å². The molecule has 45 heavy (non-hydrogen) atoms. The molecule has 8 heteroatoms. The molecular weight excluding hydrogens is 579 g/mol. The largest absolute Gasteiger partial charge is 0.861 e. The van der Waals surface area contributed by atoms with E-state index in [1.165, 1.54) is 169 Å². The van der Waals surface area contributed by atoms with E-state index in [9.17, 15) is 14.4 Å². The van der Waals surface area contributed by atoms with Crippen molar-refractivity contribution in [3.05, 3.63) is 0 Å². The number of rotatable bonds is 25. The number of quaternary nitrogens is 3. The zero-order valence-electron chi connectivity index (χ0n) is 33.4. The predicted octanol–water partition coefficient (Wildman–Crippen LogP) is 6.48. The van der Waals surface area contributed by atoms with Crippen molar-refractivity contribution in [2.24, 2.45) is 0 Å². The van der Waals surface area contributed by atoms with Gasteiger partial charge in [0.15, 0.2) is 0 Å². The minimum atomic E-state index is -4.88. The van der Waals surface area contributed by atoms with Gasteiger partial charge in [-0.3, -0.25) is 0 Å². The average Bonchev–Trinajstić information content (AvgIpc) is 2.96. The topological polar surface area (TPSA) is 78.4 Å². The molecule has 0 atom stereocenters. The van der Waals surface area contributed by atoms with E-state index < -0.39 is 9.05 Å². The lowest BCUT2D eigenvalue weighted by Gasteiger charge is -2.52. The Morgan fingerprint density at radius 2 is 0.400 bits per heavy atom. The predicted molar refractivity (Wildman–Crippen MR) is 195 cm³/mol. The Kier molecular flexibility index (Phi) is 38.9. The average molecular weight is 666 g/mol. The van der Waals surface area contributed by atoms with Gasteiger partial charge in [-0.25, -0.2) is 0 Å². The maximum Gasteiger partial charge on any atom is 0.0783 e. The minimum absolute atomic E-state index is 0.833. The van der Waals surface area contributed by atoms with Crippen molar-refractivity contribution in [3.8, 4) is 0 Å². The molecule has 0 N–H and O–H groups in total. The third-order valence-electron chi connectivity index (χ3n) is 8.63. The molecule has 0 radical (unpaired) electrons. The van der Waals surface area contributed by atoms with Gasteiger partial charge in [0.2, 0.25) is 0 Å². The first-order chi connectivity index (χ1) is 21.3. The summed E-state index contributed by atoms with van der Waals surface area (Å²) in [7, 11) is -4.05. The van der Waals surface area contributed by atoms with Crippen LogP contribution >= 0.6 is 0 Å². The molecule has 0 aliphatic heterocycles. The molecule has 0 rings (SSSR count). The summed E-state index contributed by atoms with van der Waals surface area (Å²) in [5, 5.41) is 0. The molecule has 0 aromatic carbocycles. The van der Waals surface area contributed by atoms with Gasteiger partial charge in [0, 0.05) is 7.11 Å². The fourth-order valence-corrected chi connectivity index (χ4v) is 7.70. The Labute approximate surface area is 286 Å². The molecule has 278 valence electrons. The molecule has 0 aliphatic rings. The van der Waals surface area contributed by atoms with E-state index in [-0.39, 0.29) is 0 Å². The van der Waals surface area contributed by atoms with Gasteiger partial charge in [-0.2, -0.15) is 0 Å². The molecule has 0 unspecified atom stereocenters. The van der Waals surface area contributed by atoms with Gasteiger partial charge in [-0.15, -0.1) is 9.05 Å². The monoisotopic (exact) mass is 666 g/mol. The van der Waals surface area contributed by atoms with Crippen molar-refractivity contribution in [2.75, 3.05) is 85.6 Å². The molecule has 0 saturated carbocycles. The summed E-state index contributed by atoms with van der Waals surface area (Å²) in [4.78, 5) is 27.8. The molecule has 0 aromatic rings. The lowest BCUT2D eigenvalue weighted by Crippen LogP contribution is -2.74. The molecule has 0 heterocycles. The van der Waals surface area contributed by atoms with Crippen LogP contribution in [-0.4, -0.2) is 108 Å². The molecule has 0 fully saturated rings. The van der Waals surface area contributed by atoms with Crippen molar-refractivity contribution in [1.29, 1.82) is 0 Å². The van der Waals surface area contributed by atoms with Crippen molar-refractivity contribution in [3.63, 3.8) is 0 Å². The van der Waals surface area contributed by atoms with Gasteiger partial charge in [0.1, 0.15) is 0 Å². The SMILES string of the molecule is CCC[N+](CCC)(CCC)CCC.CCC[N+](CCC)(CCC)CCC.CCC[N+](CCC)(CCC)CCC.CO[Si]([O-])([O-])[O-]. The first-order valence-electron chi connectivity index (χ1n) is 19.5. The fourth-order valence-electron chi connectivity index (χ4n) is 7.70. The van der Waals surface area contributed by atoms with Gasteiger partial charge >= 0.3 is 0 Å². The molecule has 0 amide bonds. The number of nitrogens with zero attached hydrogens (tertiary/aromatic N) is 3. The van der Waals surface area contributed by atoms with E-state index in [0.717, 1.165) is 7.11 Å². The van der Waals surface area contributed by atoms with Crippen LogP contribution in [-0.2, 0) is 4.43 Å². The van der Waals surface area contributed by atoms with E-state index in [2.05, 4.69) is 87.5 Å². The summed E-state index contributed by atoms with van der Waals surface area (Å²) in [6.07, 6.45) is 16.0. The minimum Gasteiger partial charge on any atom is -0.861 e. The van der Waals surface area contributed by atoms with Crippen LogP contribution < -0.4 is 14.4 Å². The van der Waals surface area contributed by atoms with Gasteiger partial charge in [0.05, 0.1) is 78.5 Å². The standard InChI is InChI=1S/3C12H28N.CH3O4Si/c3*1-5-9-13(10-6-2,11-7-3)12-8-4;1-5-6(2,3)4/h3*5-12H2,1-4H3;1H3/q3*+1;-3. The Balaban J connectivity index is -0.000000257. The molecule has 0 spiro atoms. The summed E-state index contributed by atoms with van der Waals surface area (Å²) in [5.41, 5.74) is 0. The van der Waals surface area contributed by atoms with E-state index in [1.807, 2.05) is 0 Å². The summed E-state index contributed by atoms with van der Waals surface area (Å²) in [6.45, 7) is 44.4. The maximum atomic E-state index is 9.28. The molecule has 0 bridgehead atoms. The van der Waals surface area contributed by atoms with Crippen LogP contribution in [0.5, 0.6) is 0 Å². The summed E-state index contributed by atoms with van der Waals surface area (Å²) < 4.78 is 7.53. The molecule has 0 saturated heterocycles. The van der Waals surface area contributed by atoms with E-state index in [1.54, 1.807) is 0 Å². The smallest absolute Gasteiger partial charge is 0.0783 e. The Morgan fingerprint density at radius 3 is 0.444 bits per heavy atom. The lowest BCUT2D eigenvalue weighted by atomic mass is 10.2. The van der Waals surface area contributed by atoms with E-state index in [4.69, 9.17) is 0 Å². The van der Waals surface area contributed by atoms with Crippen molar-refractivity contribution in [1.82, 2.24) is 0 Å². The zero-order valence-corrected chi connectivity index (χ0v) is 34.4. The van der Waals surface area contributed by atoms with Crippen molar-refractivity contribution in [2.45, 2.75) is 160 Å². The maximum absolute atomic E-state index is 9.28. The summed E-state index contributed by atoms with van der Waals surface area (Å²) >= 11 is 0. The highest BCUT2D eigenvalue weighted by molar-refractivity contribution is 6.42. The molecule has 0 aliphatic carbocycles. The summed E-state index contributed by atoms with van der Waals surface area (Å²) in [5.74, 6) is 0. The highest BCUT2D eigenvalue weighted by Crippen LogP contribution is 2.14. The van der Waals surface area contributed by atoms with E-state index >= 15 is 0 Å². The van der Waals surface area contributed by atoms with Crippen LogP contribution in [0.3, 0.4) is 0 Å². The number of hydrogen-bond donors (Lipinski definition) is 0. The zero-order chi connectivity index (χ0) is 35.7. The second kappa shape index (κ2) is 33.8. The van der Waals surface area contributed by atoms with Crippen LogP contribution in [0.15, 0.2) is 0 Å². The highest BCUT2D eigenvalue weighted by atomic mass is 28.4. The second-order valence-corrected chi connectivity index (χ2v) is 14.8. The lowest BCUT2D eigenvalue weighted by molar-refractivity contribution is -0.928. The van der Waals surface area contributed by atoms with Crippen LogP contribution in [0.2, 0.25) is 0 Å². The highest BCUT2D eigenvalue weighted by Gasteiger charge is 2.24. The Hall–Kier alpha value is -0.0631.